The summed E-state index contributed by atoms with van der Waals surface area (Å²) >= 11 is 0. The molecule has 0 radical (unpaired) electrons. The summed E-state index contributed by atoms with van der Waals surface area (Å²) in [4.78, 5) is 19.5. The summed E-state index contributed by atoms with van der Waals surface area (Å²) in [5, 5.41) is 35.8. The van der Waals surface area contributed by atoms with Gasteiger partial charge in [-0.15, -0.1) is 0 Å². The molecule has 0 amide bonds. The maximum absolute atomic E-state index is 9.77. The van der Waals surface area contributed by atoms with E-state index in [1.54, 1.807) is 0 Å². The molecule has 0 aromatic heterocycles. The standard InChI is InChI=1S/C11H15NO.C4H6O6/c1-2-4-10(5-3-1)9-13-11-6-7-12-8-11;5-1(3(7)8)2(6)4(9)10/h1-5,11-12H,6-9H2;1-2,5-6H,(H,7,8)(H,9,10)/t11-;/m1./s1. The Kier molecular flexibility index (Phi) is 8.20. The van der Waals surface area contributed by atoms with Crippen LogP contribution in [0.1, 0.15) is 12.0 Å². The number of rotatable bonds is 6. The normalized spacial score (nSPS) is 19.3. The highest BCUT2D eigenvalue weighted by molar-refractivity contribution is 5.83. The van der Waals surface area contributed by atoms with E-state index in [9.17, 15) is 9.59 Å². The van der Waals surface area contributed by atoms with Crippen LogP contribution in [0.3, 0.4) is 0 Å². The molecule has 5 N–H and O–H groups in total. The summed E-state index contributed by atoms with van der Waals surface area (Å²) in [5.41, 5.74) is 1.26. The van der Waals surface area contributed by atoms with E-state index < -0.39 is 24.1 Å². The molecule has 1 aromatic carbocycles. The van der Waals surface area contributed by atoms with E-state index in [4.69, 9.17) is 25.2 Å². The molecule has 0 bridgehead atoms. The van der Waals surface area contributed by atoms with Gasteiger partial charge in [0.2, 0.25) is 0 Å². The van der Waals surface area contributed by atoms with Crippen LogP contribution in [0.5, 0.6) is 0 Å². The summed E-state index contributed by atoms with van der Waals surface area (Å²) in [5.74, 6) is -3.54. The van der Waals surface area contributed by atoms with Gasteiger partial charge in [-0.2, -0.15) is 0 Å². The van der Waals surface area contributed by atoms with Crippen LogP contribution in [-0.2, 0) is 20.9 Å². The van der Waals surface area contributed by atoms with Gasteiger partial charge in [0.25, 0.3) is 0 Å². The van der Waals surface area contributed by atoms with Crippen molar-refractivity contribution in [1.82, 2.24) is 5.32 Å². The van der Waals surface area contributed by atoms with Crippen LogP contribution < -0.4 is 5.32 Å². The summed E-state index contributed by atoms with van der Waals surface area (Å²) in [6.07, 6.45) is -2.97. The number of aliphatic carboxylic acids is 2. The molecule has 2 rings (SSSR count). The summed E-state index contributed by atoms with van der Waals surface area (Å²) in [6.45, 7) is 2.85. The topological polar surface area (TPSA) is 136 Å². The molecule has 0 aliphatic carbocycles. The third-order valence-electron chi connectivity index (χ3n) is 3.15. The fraction of sp³-hybridized carbons (Fsp3) is 0.467. The molecular weight excluding hydrogens is 306 g/mol. The number of carbonyl (C=O) groups is 2. The average molecular weight is 327 g/mol. The van der Waals surface area contributed by atoms with Gasteiger partial charge < -0.3 is 30.5 Å². The third kappa shape index (κ3) is 7.20. The summed E-state index contributed by atoms with van der Waals surface area (Å²) < 4.78 is 5.73. The highest BCUT2D eigenvalue weighted by Crippen LogP contribution is 2.07. The summed E-state index contributed by atoms with van der Waals surface area (Å²) in [7, 11) is 0. The third-order valence-corrected chi connectivity index (χ3v) is 3.15. The van der Waals surface area contributed by atoms with E-state index in [1.807, 2.05) is 18.2 Å². The van der Waals surface area contributed by atoms with Crippen LogP contribution in [0, 0.1) is 0 Å². The van der Waals surface area contributed by atoms with Gasteiger partial charge in [-0.05, 0) is 18.5 Å². The lowest BCUT2D eigenvalue weighted by atomic mass is 10.2. The predicted octanol–water partition coefficient (Wildman–Crippen LogP) is -0.557. The minimum absolute atomic E-state index is 0.417. The van der Waals surface area contributed by atoms with Crippen molar-refractivity contribution in [3.63, 3.8) is 0 Å². The Bertz CT molecular complexity index is 470. The monoisotopic (exact) mass is 327 g/mol. The zero-order valence-electron chi connectivity index (χ0n) is 12.5. The summed E-state index contributed by atoms with van der Waals surface area (Å²) in [6, 6.07) is 10.3. The predicted molar refractivity (Wildman–Crippen MR) is 79.8 cm³/mol. The van der Waals surface area contributed by atoms with Crippen molar-refractivity contribution in [3.8, 4) is 0 Å². The molecule has 1 heterocycles. The molecule has 1 fully saturated rings. The lowest BCUT2D eigenvalue weighted by Crippen LogP contribution is -2.39. The van der Waals surface area contributed by atoms with Crippen LogP contribution in [0.4, 0.5) is 0 Å². The molecule has 8 heteroatoms. The fourth-order valence-electron chi connectivity index (χ4n) is 1.83. The molecule has 8 nitrogen and oxygen atoms in total. The molecule has 3 atom stereocenters. The smallest absolute Gasteiger partial charge is 0.335 e. The van der Waals surface area contributed by atoms with Crippen LogP contribution in [0.15, 0.2) is 30.3 Å². The second kappa shape index (κ2) is 9.90. The Morgan fingerprint density at radius 1 is 1.13 bits per heavy atom. The van der Waals surface area contributed by atoms with E-state index in [2.05, 4.69) is 17.4 Å². The van der Waals surface area contributed by atoms with Gasteiger partial charge in [0.05, 0.1) is 12.7 Å². The van der Waals surface area contributed by atoms with Gasteiger partial charge in [-0.1, -0.05) is 30.3 Å². The van der Waals surface area contributed by atoms with Crippen molar-refractivity contribution in [3.05, 3.63) is 35.9 Å². The molecule has 23 heavy (non-hydrogen) atoms. The number of carboxylic acids is 2. The number of carboxylic acid groups (broad SMARTS) is 2. The number of hydrogen-bond donors (Lipinski definition) is 5. The molecule has 128 valence electrons. The van der Waals surface area contributed by atoms with Crippen LogP contribution in [0.25, 0.3) is 0 Å². The maximum Gasteiger partial charge on any atom is 0.335 e. The Balaban J connectivity index is 0.000000241. The number of benzene rings is 1. The first-order valence-electron chi connectivity index (χ1n) is 7.09. The zero-order valence-corrected chi connectivity index (χ0v) is 12.5. The average Bonchev–Trinajstić information content (AvgIpc) is 3.06. The quantitative estimate of drug-likeness (QED) is 0.469. The van der Waals surface area contributed by atoms with E-state index in [0.29, 0.717) is 6.10 Å². The minimum atomic E-state index is -2.27. The Morgan fingerprint density at radius 3 is 2.13 bits per heavy atom. The highest BCUT2D eigenvalue weighted by atomic mass is 16.5. The minimum Gasteiger partial charge on any atom is -0.479 e. The van der Waals surface area contributed by atoms with E-state index in [-0.39, 0.29) is 0 Å². The van der Waals surface area contributed by atoms with E-state index in [1.165, 1.54) is 5.56 Å². The number of aliphatic hydroxyl groups excluding tert-OH is 2. The number of nitrogens with one attached hydrogen (secondary N) is 1. The number of ether oxygens (including phenoxy) is 1. The first kappa shape index (κ1) is 19.0. The van der Waals surface area contributed by atoms with Gasteiger partial charge in [-0.3, -0.25) is 0 Å². The van der Waals surface area contributed by atoms with Gasteiger partial charge in [0, 0.05) is 6.54 Å². The van der Waals surface area contributed by atoms with Crippen LogP contribution >= 0.6 is 0 Å². The Morgan fingerprint density at radius 2 is 1.70 bits per heavy atom. The Hall–Kier alpha value is -2.00. The van der Waals surface area contributed by atoms with E-state index in [0.717, 1.165) is 26.1 Å². The molecule has 1 aliphatic rings. The van der Waals surface area contributed by atoms with Gasteiger partial charge >= 0.3 is 11.9 Å². The van der Waals surface area contributed by atoms with E-state index >= 15 is 0 Å². The number of hydrogen-bond acceptors (Lipinski definition) is 6. The van der Waals surface area contributed by atoms with Crippen molar-refractivity contribution >= 4 is 11.9 Å². The van der Waals surface area contributed by atoms with Crippen molar-refractivity contribution in [1.29, 1.82) is 0 Å². The lowest BCUT2D eigenvalue weighted by Gasteiger charge is -2.09. The van der Waals surface area contributed by atoms with Crippen molar-refractivity contribution in [2.75, 3.05) is 13.1 Å². The van der Waals surface area contributed by atoms with Crippen molar-refractivity contribution < 1.29 is 34.8 Å². The second-order valence-electron chi connectivity index (χ2n) is 4.98. The van der Waals surface area contributed by atoms with Crippen LogP contribution in [-0.4, -0.2) is 63.8 Å². The SMILES string of the molecule is O=C(O)C(O)C(O)C(=O)O.c1ccc(CO[C@@H]2CCNC2)cc1. The highest BCUT2D eigenvalue weighted by Gasteiger charge is 2.29. The van der Waals surface area contributed by atoms with Crippen molar-refractivity contribution in [2.45, 2.75) is 31.3 Å². The molecule has 0 spiro atoms. The fourth-order valence-corrected chi connectivity index (χ4v) is 1.83. The lowest BCUT2D eigenvalue weighted by molar-refractivity contribution is -0.165. The second-order valence-corrected chi connectivity index (χ2v) is 4.98. The first-order chi connectivity index (χ1) is 10.9. The van der Waals surface area contributed by atoms with Crippen LogP contribution in [0.2, 0.25) is 0 Å². The van der Waals surface area contributed by atoms with Gasteiger partial charge in [0.15, 0.2) is 12.2 Å². The van der Waals surface area contributed by atoms with Crippen molar-refractivity contribution in [2.24, 2.45) is 0 Å². The maximum atomic E-state index is 9.77. The molecular formula is C15H21NO7. The molecule has 0 saturated carbocycles. The number of aliphatic hydroxyl groups is 2. The molecule has 2 unspecified atom stereocenters. The Labute approximate surface area is 133 Å². The molecule has 1 saturated heterocycles. The van der Waals surface area contributed by atoms with Gasteiger partial charge in [0.1, 0.15) is 0 Å². The molecule has 1 aromatic rings. The molecule has 1 aliphatic heterocycles. The largest absolute Gasteiger partial charge is 0.479 e. The zero-order chi connectivity index (χ0) is 17.2. The first-order valence-corrected chi connectivity index (χ1v) is 7.09. The van der Waals surface area contributed by atoms with Gasteiger partial charge in [-0.25, -0.2) is 9.59 Å².